The van der Waals surface area contributed by atoms with Crippen molar-refractivity contribution in [2.45, 2.75) is 13.8 Å². The van der Waals surface area contributed by atoms with Gasteiger partial charge in [-0.05, 0) is 31.5 Å². The van der Waals surface area contributed by atoms with Crippen LogP contribution in [0, 0.1) is 12.7 Å². The third kappa shape index (κ3) is 2.90. The first-order valence-corrected chi connectivity index (χ1v) is 6.23. The lowest BCUT2D eigenvalue weighted by Gasteiger charge is -2.10. The van der Waals surface area contributed by atoms with Crippen molar-refractivity contribution in [2.24, 2.45) is 0 Å². The minimum Gasteiger partial charge on any atom is -0.368 e. The predicted molar refractivity (Wildman–Crippen MR) is 75.3 cm³/mol. The average Bonchev–Trinajstić information content (AvgIpc) is 2.44. The molecule has 0 saturated heterocycles. The molecule has 0 spiro atoms. The molecule has 0 aliphatic rings. The van der Waals surface area contributed by atoms with E-state index in [9.17, 15) is 9.18 Å². The highest BCUT2D eigenvalue weighted by Gasteiger charge is 2.16. The second kappa shape index (κ2) is 6.10. The molecule has 2 rings (SSSR count). The fourth-order valence-corrected chi connectivity index (χ4v) is 1.71. The van der Waals surface area contributed by atoms with Gasteiger partial charge in [-0.15, -0.1) is 0 Å². The molecule has 0 fully saturated rings. The van der Waals surface area contributed by atoms with Crippen molar-refractivity contribution >= 4 is 17.4 Å². The van der Waals surface area contributed by atoms with Crippen LogP contribution < -0.4 is 10.6 Å². The van der Waals surface area contributed by atoms with Gasteiger partial charge in [0.25, 0.3) is 5.91 Å². The van der Waals surface area contributed by atoms with Crippen molar-refractivity contribution in [3.8, 4) is 0 Å². The van der Waals surface area contributed by atoms with Crippen molar-refractivity contribution < 1.29 is 9.18 Å². The molecule has 0 bridgehead atoms. The number of aryl methyl sites for hydroxylation is 1. The lowest BCUT2D eigenvalue weighted by atomic mass is 10.2. The van der Waals surface area contributed by atoms with Crippen LogP contribution >= 0.6 is 0 Å². The van der Waals surface area contributed by atoms with Crippen LogP contribution in [0.1, 0.15) is 22.8 Å². The van der Waals surface area contributed by atoms with Crippen LogP contribution in [-0.2, 0) is 0 Å². The second-order valence-electron chi connectivity index (χ2n) is 4.20. The molecule has 2 heterocycles. The van der Waals surface area contributed by atoms with E-state index >= 15 is 0 Å². The number of hydrogen-bond acceptors (Lipinski definition) is 4. The summed E-state index contributed by atoms with van der Waals surface area (Å²) in [5, 5.41) is 5.43. The first kappa shape index (κ1) is 13.9. The molecule has 6 heteroatoms. The van der Waals surface area contributed by atoms with Gasteiger partial charge in [0.05, 0.1) is 5.56 Å². The Hall–Kier alpha value is -2.50. The molecule has 2 aromatic rings. The third-order valence-electron chi connectivity index (χ3n) is 2.75. The Balaban J connectivity index is 2.26. The topological polar surface area (TPSA) is 66.9 Å². The number of hydrogen-bond donors (Lipinski definition) is 2. The molecular weight excluding hydrogens is 259 g/mol. The number of nitrogens with one attached hydrogen (secondary N) is 2. The number of rotatable bonds is 4. The number of amides is 1. The Kier molecular flexibility index (Phi) is 4.24. The summed E-state index contributed by atoms with van der Waals surface area (Å²) in [5.74, 6) is -1.09. The molecule has 104 valence electrons. The predicted octanol–water partition coefficient (Wildman–Crippen LogP) is 2.61. The summed E-state index contributed by atoms with van der Waals surface area (Å²) in [5.41, 5.74) is 1.36. The van der Waals surface area contributed by atoms with E-state index in [-0.39, 0.29) is 11.4 Å². The van der Waals surface area contributed by atoms with E-state index in [1.54, 1.807) is 18.5 Å². The summed E-state index contributed by atoms with van der Waals surface area (Å²) in [6.07, 6.45) is 4.59. The van der Waals surface area contributed by atoms with Crippen LogP contribution in [0.3, 0.4) is 0 Å². The highest BCUT2D eigenvalue weighted by molar-refractivity contribution is 6.05. The number of anilines is 2. The van der Waals surface area contributed by atoms with Gasteiger partial charge in [0.2, 0.25) is 0 Å². The monoisotopic (exact) mass is 274 g/mol. The van der Waals surface area contributed by atoms with Crippen LogP contribution in [0.25, 0.3) is 0 Å². The summed E-state index contributed by atoms with van der Waals surface area (Å²) in [7, 11) is 0. The Morgan fingerprint density at radius 2 is 2.15 bits per heavy atom. The van der Waals surface area contributed by atoms with E-state index in [4.69, 9.17) is 0 Å². The second-order valence-corrected chi connectivity index (χ2v) is 4.20. The highest BCUT2D eigenvalue weighted by atomic mass is 19.1. The van der Waals surface area contributed by atoms with E-state index < -0.39 is 11.7 Å². The van der Waals surface area contributed by atoms with Gasteiger partial charge in [-0.3, -0.25) is 9.78 Å². The zero-order valence-electron chi connectivity index (χ0n) is 11.3. The first-order valence-electron chi connectivity index (χ1n) is 6.23. The van der Waals surface area contributed by atoms with Gasteiger partial charge in [0, 0.05) is 30.8 Å². The fraction of sp³-hybridized carbons (Fsp3) is 0.214. The van der Waals surface area contributed by atoms with E-state index in [0.29, 0.717) is 12.2 Å². The molecule has 0 aromatic carbocycles. The third-order valence-corrected chi connectivity index (χ3v) is 2.75. The minimum atomic E-state index is -0.654. The molecule has 2 N–H and O–H groups in total. The summed E-state index contributed by atoms with van der Waals surface area (Å²) in [6.45, 7) is 4.17. The van der Waals surface area contributed by atoms with Crippen molar-refractivity contribution in [2.75, 3.05) is 17.2 Å². The fourth-order valence-electron chi connectivity index (χ4n) is 1.71. The molecule has 1 amide bonds. The van der Waals surface area contributed by atoms with Crippen LogP contribution in [0.15, 0.2) is 30.7 Å². The van der Waals surface area contributed by atoms with Gasteiger partial charge < -0.3 is 10.6 Å². The number of aromatic nitrogens is 2. The van der Waals surface area contributed by atoms with Gasteiger partial charge in [-0.25, -0.2) is 9.37 Å². The molecule has 20 heavy (non-hydrogen) atoms. The maximum Gasteiger partial charge on any atom is 0.258 e. The normalized spacial score (nSPS) is 10.2. The number of halogens is 1. The number of nitrogens with zero attached hydrogens (tertiary/aromatic N) is 2. The summed E-state index contributed by atoms with van der Waals surface area (Å²) >= 11 is 0. The molecule has 0 radical (unpaired) electrons. The maximum atomic E-state index is 14.1. The van der Waals surface area contributed by atoms with Crippen molar-refractivity contribution in [1.29, 1.82) is 0 Å². The lowest BCUT2D eigenvalue weighted by Crippen LogP contribution is -2.16. The molecular formula is C14H15FN4O. The van der Waals surface area contributed by atoms with Crippen molar-refractivity contribution in [3.63, 3.8) is 0 Å². The van der Waals surface area contributed by atoms with Gasteiger partial charge in [-0.1, -0.05) is 0 Å². The zero-order chi connectivity index (χ0) is 14.5. The zero-order valence-corrected chi connectivity index (χ0v) is 11.3. The van der Waals surface area contributed by atoms with Crippen LogP contribution in [0.2, 0.25) is 0 Å². The highest BCUT2D eigenvalue weighted by Crippen LogP contribution is 2.18. The minimum absolute atomic E-state index is 0.0489. The van der Waals surface area contributed by atoms with Gasteiger partial charge in [0.15, 0.2) is 11.6 Å². The van der Waals surface area contributed by atoms with Gasteiger partial charge in [-0.2, -0.15) is 0 Å². The van der Waals surface area contributed by atoms with E-state index in [1.807, 2.05) is 13.8 Å². The standard InChI is InChI=1S/C14H15FN4O/c1-3-17-13-12(15)10(4-7-18-13)14(20)19-11-5-6-16-8-9(11)2/h4-8H,3H2,1-2H3,(H,17,18)(H,16,19,20). The summed E-state index contributed by atoms with van der Waals surface area (Å²) in [6, 6.07) is 3.01. The Labute approximate surface area is 116 Å². The largest absolute Gasteiger partial charge is 0.368 e. The molecule has 2 aromatic heterocycles. The summed E-state index contributed by atoms with van der Waals surface area (Å²) in [4.78, 5) is 19.9. The van der Waals surface area contributed by atoms with Gasteiger partial charge >= 0.3 is 0 Å². The molecule has 0 unspecified atom stereocenters. The Morgan fingerprint density at radius 1 is 1.35 bits per heavy atom. The average molecular weight is 274 g/mol. The molecule has 0 aliphatic carbocycles. The number of carbonyl (C=O) groups excluding carboxylic acids is 1. The van der Waals surface area contributed by atoms with Crippen LogP contribution in [-0.4, -0.2) is 22.4 Å². The first-order chi connectivity index (χ1) is 9.63. The lowest BCUT2D eigenvalue weighted by molar-refractivity contribution is 0.102. The van der Waals surface area contributed by atoms with Crippen LogP contribution in [0.5, 0.6) is 0 Å². The Bertz CT molecular complexity index is 630. The van der Waals surface area contributed by atoms with E-state index in [2.05, 4.69) is 20.6 Å². The van der Waals surface area contributed by atoms with Crippen LogP contribution in [0.4, 0.5) is 15.9 Å². The molecule has 0 aliphatic heterocycles. The van der Waals surface area contributed by atoms with Gasteiger partial charge in [0.1, 0.15) is 0 Å². The SMILES string of the molecule is CCNc1nccc(C(=O)Nc2ccncc2C)c1F. The molecule has 0 saturated carbocycles. The van der Waals surface area contributed by atoms with E-state index in [0.717, 1.165) is 5.56 Å². The Morgan fingerprint density at radius 3 is 2.85 bits per heavy atom. The number of pyridine rings is 2. The molecule has 5 nitrogen and oxygen atoms in total. The van der Waals surface area contributed by atoms with Crippen molar-refractivity contribution in [1.82, 2.24) is 9.97 Å². The van der Waals surface area contributed by atoms with E-state index in [1.165, 1.54) is 12.3 Å². The quantitative estimate of drug-likeness (QED) is 0.899. The molecule has 0 atom stereocenters. The maximum absolute atomic E-state index is 14.1. The summed E-state index contributed by atoms with van der Waals surface area (Å²) < 4.78 is 14.1. The smallest absolute Gasteiger partial charge is 0.258 e. The van der Waals surface area contributed by atoms with Crippen molar-refractivity contribution in [3.05, 3.63) is 47.7 Å². The number of carbonyl (C=O) groups is 1.